The molecule has 0 N–H and O–H groups in total. The maximum atomic E-state index is 12.9. The number of rotatable bonds is 62. The zero-order valence-electron chi connectivity index (χ0n) is 50.1. The van der Waals surface area contributed by atoms with Crippen LogP contribution in [0.15, 0.2) is 24.3 Å². The highest BCUT2D eigenvalue weighted by Gasteiger charge is 2.19. The number of hydrogen-bond acceptors (Lipinski definition) is 6. The first-order valence-electron chi connectivity index (χ1n) is 33.3. The molecule has 0 aromatic heterocycles. The molecule has 1 atom stereocenters. The third-order valence-corrected chi connectivity index (χ3v) is 15.2. The Morgan fingerprint density at radius 2 is 0.514 bits per heavy atom. The Morgan fingerprint density at radius 3 is 0.797 bits per heavy atom. The van der Waals surface area contributed by atoms with Crippen LogP contribution in [0.2, 0.25) is 0 Å². The van der Waals surface area contributed by atoms with Crippen molar-refractivity contribution >= 4 is 17.9 Å². The third-order valence-electron chi connectivity index (χ3n) is 15.2. The Hall–Kier alpha value is -2.11. The zero-order chi connectivity index (χ0) is 53.6. The van der Waals surface area contributed by atoms with Gasteiger partial charge >= 0.3 is 17.9 Å². The normalized spacial score (nSPS) is 12.1. The van der Waals surface area contributed by atoms with Gasteiger partial charge in [-0.15, -0.1) is 0 Å². The fourth-order valence-electron chi connectivity index (χ4n) is 10.2. The minimum Gasteiger partial charge on any atom is -0.462 e. The number of ether oxygens (including phenoxy) is 3. The fourth-order valence-corrected chi connectivity index (χ4v) is 10.2. The van der Waals surface area contributed by atoms with E-state index in [0.29, 0.717) is 19.3 Å². The third kappa shape index (κ3) is 60.8. The minimum atomic E-state index is -0.773. The Kier molecular flexibility index (Phi) is 61.6. The van der Waals surface area contributed by atoms with Crippen LogP contribution in [0.4, 0.5) is 0 Å². The van der Waals surface area contributed by atoms with Gasteiger partial charge in [0.1, 0.15) is 13.2 Å². The molecule has 0 rings (SSSR count). The van der Waals surface area contributed by atoms with Crippen LogP contribution in [0.3, 0.4) is 0 Å². The van der Waals surface area contributed by atoms with Crippen molar-refractivity contribution < 1.29 is 28.6 Å². The average molecular weight is 1040 g/mol. The van der Waals surface area contributed by atoms with Gasteiger partial charge in [0, 0.05) is 19.3 Å². The van der Waals surface area contributed by atoms with Gasteiger partial charge in [0.2, 0.25) is 0 Å². The Bertz CT molecular complexity index is 1190. The van der Waals surface area contributed by atoms with Gasteiger partial charge in [-0.05, 0) is 44.9 Å². The first-order chi connectivity index (χ1) is 36.5. The van der Waals surface area contributed by atoms with E-state index in [9.17, 15) is 14.4 Å². The van der Waals surface area contributed by atoms with Gasteiger partial charge in [-0.3, -0.25) is 14.4 Å². The van der Waals surface area contributed by atoms with E-state index in [1.807, 2.05) is 0 Å². The Balaban J connectivity index is 4.19. The lowest BCUT2D eigenvalue weighted by atomic mass is 10.0. The van der Waals surface area contributed by atoms with Gasteiger partial charge in [0.05, 0.1) is 0 Å². The zero-order valence-corrected chi connectivity index (χ0v) is 50.1. The minimum absolute atomic E-state index is 0.0696. The number of esters is 3. The second kappa shape index (κ2) is 63.4. The molecule has 6 nitrogen and oxygen atoms in total. The summed E-state index contributed by atoms with van der Waals surface area (Å²) < 4.78 is 16.9. The SMILES string of the molecule is CCC/C=C\C/C=C\CCCCCCCC(=O)OCC(COC(=O)CCCCCCCCCCCCCCCCCCCCCCCCCCCC)OC(=O)CCCCCCCCCCCCCCCCCCC. The molecule has 0 aliphatic heterocycles. The van der Waals surface area contributed by atoms with Crippen molar-refractivity contribution in [3.05, 3.63) is 24.3 Å². The van der Waals surface area contributed by atoms with Crippen LogP contribution in [0.5, 0.6) is 0 Å². The molecule has 0 radical (unpaired) electrons. The highest BCUT2D eigenvalue weighted by Crippen LogP contribution is 2.19. The first kappa shape index (κ1) is 71.9. The molecule has 0 aliphatic rings. The van der Waals surface area contributed by atoms with E-state index < -0.39 is 6.10 Å². The Morgan fingerprint density at radius 1 is 0.270 bits per heavy atom. The number of carbonyl (C=O) groups is 3. The van der Waals surface area contributed by atoms with Crippen LogP contribution >= 0.6 is 0 Å². The molecule has 0 aromatic rings. The van der Waals surface area contributed by atoms with Crippen molar-refractivity contribution in [3.63, 3.8) is 0 Å². The predicted molar refractivity (Wildman–Crippen MR) is 321 cm³/mol. The molecule has 0 bridgehead atoms. The Labute approximate surface area is 462 Å². The van der Waals surface area contributed by atoms with E-state index in [1.54, 1.807) is 0 Å². The fraction of sp³-hybridized carbons (Fsp3) is 0.897. The standard InChI is InChI=1S/C68H128O6/c1-4-7-10-13-16-19-22-25-27-29-30-31-32-33-34-35-36-37-39-40-43-46-49-52-55-58-61-67(70)73-64-65(63-72-66(69)60-57-54-51-48-45-42-24-21-18-15-12-9-6-3)74-68(71)62-59-56-53-50-47-44-41-38-28-26-23-20-17-14-11-8-5-2/h12,15,21,24,65H,4-11,13-14,16-20,22-23,25-64H2,1-3H3/b15-12-,24-21-. The summed E-state index contributed by atoms with van der Waals surface area (Å²) in [6.45, 7) is 6.64. The van der Waals surface area contributed by atoms with Crippen molar-refractivity contribution in [2.45, 2.75) is 380 Å². The molecule has 0 saturated heterocycles. The summed E-state index contributed by atoms with van der Waals surface area (Å²) in [6.07, 6.45) is 76.3. The lowest BCUT2D eigenvalue weighted by molar-refractivity contribution is -0.167. The highest BCUT2D eigenvalue weighted by molar-refractivity contribution is 5.71. The molecule has 0 spiro atoms. The summed E-state index contributed by atoms with van der Waals surface area (Å²) in [5.41, 5.74) is 0. The van der Waals surface area contributed by atoms with E-state index in [2.05, 4.69) is 45.1 Å². The molecule has 0 amide bonds. The summed E-state index contributed by atoms with van der Waals surface area (Å²) in [6, 6.07) is 0. The molecule has 0 heterocycles. The van der Waals surface area contributed by atoms with Crippen LogP contribution in [0, 0.1) is 0 Å². The maximum Gasteiger partial charge on any atom is 0.306 e. The van der Waals surface area contributed by atoms with Crippen LogP contribution in [-0.4, -0.2) is 37.2 Å². The number of hydrogen-bond donors (Lipinski definition) is 0. The van der Waals surface area contributed by atoms with Crippen molar-refractivity contribution in [1.82, 2.24) is 0 Å². The smallest absolute Gasteiger partial charge is 0.306 e. The number of carbonyl (C=O) groups excluding carboxylic acids is 3. The molecule has 74 heavy (non-hydrogen) atoms. The van der Waals surface area contributed by atoms with E-state index in [1.165, 1.54) is 250 Å². The summed E-state index contributed by atoms with van der Waals surface area (Å²) in [5.74, 6) is -0.856. The van der Waals surface area contributed by atoms with Gasteiger partial charge in [-0.2, -0.15) is 0 Å². The van der Waals surface area contributed by atoms with E-state index in [4.69, 9.17) is 14.2 Å². The molecule has 1 unspecified atom stereocenters. The lowest BCUT2D eigenvalue weighted by Gasteiger charge is -2.18. The lowest BCUT2D eigenvalue weighted by Crippen LogP contribution is -2.30. The summed E-state index contributed by atoms with van der Waals surface area (Å²) in [4.78, 5) is 38.3. The van der Waals surface area contributed by atoms with Crippen LogP contribution in [-0.2, 0) is 28.6 Å². The van der Waals surface area contributed by atoms with Crippen molar-refractivity contribution in [1.29, 1.82) is 0 Å². The van der Waals surface area contributed by atoms with Crippen LogP contribution < -0.4 is 0 Å². The second-order valence-corrected chi connectivity index (χ2v) is 22.7. The maximum absolute atomic E-state index is 12.9. The molecule has 0 aliphatic carbocycles. The average Bonchev–Trinajstić information content (AvgIpc) is 3.40. The van der Waals surface area contributed by atoms with Gasteiger partial charge in [0.25, 0.3) is 0 Å². The largest absolute Gasteiger partial charge is 0.462 e. The summed E-state index contributed by atoms with van der Waals surface area (Å²) >= 11 is 0. The number of allylic oxidation sites excluding steroid dienone is 4. The number of unbranched alkanes of at least 4 members (excludes halogenated alkanes) is 47. The second-order valence-electron chi connectivity index (χ2n) is 22.7. The molecule has 6 heteroatoms. The first-order valence-corrected chi connectivity index (χ1v) is 33.3. The predicted octanol–water partition coefficient (Wildman–Crippen LogP) is 22.6. The van der Waals surface area contributed by atoms with Gasteiger partial charge < -0.3 is 14.2 Å². The summed E-state index contributed by atoms with van der Waals surface area (Å²) in [7, 11) is 0. The summed E-state index contributed by atoms with van der Waals surface area (Å²) in [5, 5.41) is 0. The quantitative estimate of drug-likeness (QED) is 0.0261. The van der Waals surface area contributed by atoms with Gasteiger partial charge in [0.15, 0.2) is 6.10 Å². The topological polar surface area (TPSA) is 78.9 Å². The van der Waals surface area contributed by atoms with E-state index in [0.717, 1.165) is 83.5 Å². The van der Waals surface area contributed by atoms with Crippen LogP contribution in [0.1, 0.15) is 374 Å². The van der Waals surface area contributed by atoms with Gasteiger partial charge in [-0.1, -0.05) is 334 Å². The molecule has 0 saturated carbocycles. The van der Waals surface area contributed by atoms with E-state index in [-0.39, 0.29) is 31.1 Å². The molecule has 436 valence electrons. The van der Waals surface area contributed by atoms with E-state index >= 15 is 0 Å². The monoisotopic (exact) mass is 1040 g/mol. The molecule has 0 fully saturated rings. The van der Waals surface area contributed by atoms with Crippen molar-refractivity contribution in [2.75, 3.05) is 13.2 Å². The molecule has 0 aromatic carbocycles. The molecular formula is C68H128O6. The highest BCUT2D eigenvalue weighted by atomic mass is 16.6. The van der Waals surface area contributed by atoms with Crippen molar-refractivity contribution in [3.8, 4) is 0 Å². The van der Waals surface area contributed by atoms with Crippen LogP contribution in [0.25, 0.3) is 0 Å². The van der Waals surface area contributed by atoms with Crippen molar-refractivity contribution in [2.24, 2.45) is 0 Å². The molecular weight excluding hydrogens is 913 g/mol. The van der Waals surface area contributed by atoms with Gasteiger partial charge in [-0.25, -0.2) is 0 Å².